The van der Waals surface area contributed by atoms with Gasteiger partial charge < -0.3 is 4.98 Å². The number of aromatic nitrogens is 6. The van der Waals surface area contributed by atoms with E-state index in [2.05, 4.69) is 137 Å². The zero-order chi connectivity index (χ0) is 31.6. The number of rotatable bonds is 4. The van der Waals surface area contributed by atoms with Crippen LogP contribution < -0.4 is 0 Å². The third kappa shape index (κ3) is 4.66. The van der Waals surface area contributed by atoms with Gasteiger partial charge in [0.05, 0.1) is 22.1 Å². The van der Waals surface area contributed by atoms with Crippen molar-refractivity contribution in [2.24, 2.45) is 0 Å². The Kier molecular flexibility index (Phi) is 6.90. The Hall–Kier alpha value is -6.01. The third-order valence-electron chi connectivity index (χ3n) is 9.14. The van der Waals surface area contributed by atoms with Crippen molar-refractivity contribution in [2.45, 2.75) is 0 Å². The van der Waals surface area contributed by atoms with Crippen LogP contribution in [0.3, 0.4) is 0 Å². The summed E-state index contributed by atoms with van der Waals surface area (Å²) in [6, 6.07) is 53.4. The quantitative estimate of drug-likeness (QED) is 0.166. The second kappa shape index (κ2) is 11.6. The Bertz CT molecular complexity index is 2630. The van der Waals surface area contributed by atoms with Crippen LogP contribution in [0.15, 0.2) is 152 Å². The first-order chi connectivity index (χ1) is 23.8. The summed E-state index contributed by atoms with van der Waals surface area (Å²) in [4.78, 5) is 20.4. The van der Waals surface area contributed by atoms with Crippen molar-refractivity contribution >= 4 is 54.4 Å². The summed E-state index contributed by atoms with van der Waals surface area (Å²) < 4.78 is 4.29. The molecule has 0 aliphatic rings. The minimum Gasteiger partial charge on any atom is -0.304 e. The van der Waals surface area contributed by atoms with Crippen molar-refractivity contribution in [1.82, 2.24) is 29.1 Å². The standard InChI is InChI=1S/C42H25N6.Ir/c1-2-13-30-26-43-35(25-27(30)12-1)28-14-11-15-29(24-28)40-44-41(47-36-20-7-3-16-31(36)32-17-4-8-21-37(32)47)46-42(45-40)48-38-22-9-5-18-33(38)34-19-6-10-23-39(34)48;/h1-13,15-26H;/q-1;. The molecule has 0 bridgehead atoms. The van der Waals surface area contributed by atoms with E-state index < -0.39 is 0 Å². The fraction of sp³-hybridized carbons (Fsp3) is 0. The SMILES string of the molecule is [Ir].[c-]1ccc(-c2nc(-n3c4ccccc4c4ccccc43)nc(-n3c4ccccc4c4ccccc43)n2)cc1-c1cc2ccccc2cn1. The van der Waals surface area contributed by atoms with Crippen LogP contribution in [-0.4, -0.2) is 29.1 Å². The van der Waals surface area contributed by atoms with Crippen molar-refractivity contribution in [3.8, 4) is 34.5 Å². The molecule has 1 radical (unpaired) electrons. The molecular formula is C42H25IrN6-. The summed E-state index contributed by atoms with van der Waals surface area (Å²) in [7, 11) is 0. The van der Waals surface area contributed by atoms with Crippen LogP contribution in [0.2, 0.25) is 0 Å². The van der Waals surface area contributed by atoms with Gasteiger partial charge in [0, 0.05) is 47.8 Å². The fourth-order valence-electron chi connectivity index (χ4n) is 6.94. The van der Waals surface area contributed by atoms with Gasteiger partial charge in [-0.15, -0.1) is 29.8 Å². The molecule has 49 heavy (non-hydrogen) atoms. The van der Waals surface area contributed by atoms with Gasteiger partial charge >= 0.3 is 0 Å². The second-order valence-electron chi connectivity index (χ2n) is 11.9. The van der Waals surface area contributed by atoms with Gasteiger partial charge in [0.1, 0.15) is 5.82 Å². The molecule has 6 aromatic carbocycles. The molecule has 0 unspecified atom stereocenters. The van der Waals surface area contributed by atoms with Gasteiger partial charge in [0.2, 0.25) is 11.9 Å². The summed E-state index contributed by atoms with van der Waals surface area (Å²) in [5.74, 6) is 1.66. The number of para-hydroxylation sites is 4. The molecule has 0 aliphatic carbocycles. The molecule has 0 atom stereocenters. The first-order valence-electron chi connectivity index (χ1n) is 15.9. The molecule has 6 nitrogen and oxygen atoms in total. The predicted molar refractivity (Wildman–Crippen MR) is 194 cm³/mol. The molecule has 10 aromatic rings. The zero-order valence-electron chi connectivity index (χ0n) is 26.0. The molecule has 0 saturated carbocycles. The number of pyridine rings is 1. The van der Waals surface area contributed by atoms with Crippen LogP contribution in [0.4, 0.5) is 0 Å². The fourth-order valence-corrected chi connectivity index (χ4v) is 6.94. The summed E-state index contributed by atoms with van der Waals surface area (Å²) in [5.41, 5.74) is 6.70. The molecule has 10 rings (SSSR count). The van der Waals surface area contributed by atoms with E-state index in [4.69, 9.17) is 19.9 Å². The van der Waals surface area contributed by atoms with Gasteiger partial charge in [-0.05, 0) is 40.7 Å². The summed E-state index contributed by atoms with van der Waals surface area (Å²) >= 11 is 0. The van der Waals surface area contributed by atoms with Crippen molar-refractivity contribution in [2.75, 3.05) is 0 Å². The Morgan fingerprint density at radius 1 is 0.469 bits per heavy atom. The summed E-state index contributed by atoms with van der Waals surface area (Å²) in [6.07, 6.45) is 1.91. The van der Waals surface area contributed by atoms with Gasteiger partial charge in [0.25, 0.3) is 0 Å². The van der Waals surface area contributed by atoms with Crippen LogP contribution in [0.5, 0.6) is 0 Å². The van der Waals surface area contributed by atoms with Crippen LogP contribution in [0.25, 0.3) is 88.9 Å². The monoisotopic (exact) mass is 806 g/mol. The number of fused-ring (bicyclic) bond motifs is 7. The molecule has 0 spiro atoms. The van der Waals surface area contributed by atoms with Gasteiger partial charge in [-0.25, -0.2) is 0 Å². The molecule has 0 aliphatic heterocycles. The minimum atomic E-state index is 0. The molecule has 233 valence electrons. The van der Waals surface area contributed by atoms with Crippen molar-refractivity contribution in [3.05, 3.63) is 158 Å². The maximum Gasteiger partial charge on any atom is 0.240 e. The maximum absolute atomic E-state index is 5.24. The van der Waals surface area contributed by atoms with Crippen LogP contribution >= 0.6 is 0 Å². The summed E-state index contributed by atoms with van der Waals surface area (Å²) in [6.45, 7) is 0. The molecule has 4 heterocycles. The third-order valence-corrected chi connectivity index (χ3v) is 9.14. The largest absolute Gasteiger partial charge is 0.304 e. The Labute approximate surface area is 294 Å². The Balaban J connectivity index is 0.00000325. The van der Waals surface area contributed by atoms with Gasteiger partial charge in [-0.3, -0.25) is 9.13 Å². The van der Waals surface area contributed by atoms with E-state index in [1.165, 1.54) is 0 Å². The van der Waals surface area contributed by atoms with E-state index >= 15 is 0 Å². The van der Waals surface area contributed by atoms with E-state index in [1.807, 2.05) is 30.5 Å². The van der Waals surface area contributed by atoms with Crippen molar-refractivity contribution < 1.29 is 20.1 Å². The topological polar surface area (TPSA) is 61.4 Å². The predicted octanol–water partition coefficient (Wildman–Crippen LogP) is 9.75. The van der Waals surface area contributed by atoms with Crippen molar-refractivity contribution in [3.63, 3.8) is 0 Å². The van der Waals surface area contributed by atoms with E-state index in [1.54, 1.807) is 0 Å². The Morgan fingerprint density at radius 3 is 1.47 bits per heavy atom. The van der Waals surface area contributed by atoms with Crippen LogP contribution in [0.1, 0.15) is 0 Å². The zero-order valence-corrected chi connectivity index (χ0v) is 28.3. The van der Waals surface area contributed by atoms with E-state index in [-0.39, 0.29) is 20.1 Å². The molecule has 0 fully saturated rings. The molecular weight excluding hydrogens is 781 g/mol. The molecule has 0 saturated heterocycles. The van der Waals surface area contributed by atoms with Gasteiger partial charge in [-0.2, -0.15) is 15.0 Å². The summed E-state index contributed by atoms with van der Waals surface area (Å²) in [5, 5.41) is 6.81. The average Bonchev–Trinajstić information content (AvgIpc) is 3.68. The Morgan fingerprint density at radius 2 is 0.939 bits per heavy atom. The smallest absolute Gasteiger partial charge is 0.240 e. The number of benzene rings is 6. The van der Waals surface area contributed by atoms with E-state index in [0.717, 1.165) is 71.2 Å². The van der Waals surface area contributed by atoms with Crippen LogP contribution in [0, 0.1) is 6.07 Å². The second-order valence-corrected chi connectivity index (χ2v) is 11.9. The number of hydrogen-bond acceptors (Lipinski definition) is 4. The normalized spacial score (nSPS) is 11.5. The molecule has 7 heteroatoms. The van der Waals surface area contributed by atoms with Gasteiger partial charge in [-0.1, -0.05) is 109 Å². The average molecular weight is 806 g/mol. The van der Waals surface area contributed by atoms with E-state index in [9.17, 15) is 0 Å². The van der Waals surface area contributed by atoms with E-state index in [0.29, 0.717) is 17.7 Å². The number of nitrogens with zero attached hydrogens (tertiary/aromatic N) is 6. The maximum atomic E-state index is 5.24. The van der Waals surface area contributed by atoms with Crippen LogP contribution in [-0.2, 0) is 20.1 Å². The molecule has 4 aromatic heterocycles. The first kappa shape index (κ1) is 29.2. The minimum absolute atomic E-state index is 0. The van der Waals surface area contributed by atoms with Gasteiger partial charge in [0.15, 0.2) is 0 Å². The first-order valence-corrected chi connectivity index (χ1v) is 15.9. The molecule has 0 amide bonds. The number of hydrogen-bond donors (Lipinski definition) is 0. The molecule has 0 N–H and O–H groups in total. The van der Waals surface area contributed by atoms with Crippen molar-refractivity contribution in [1.29, 1.82) is 0 Å².